The lowest BCUT2D eigenvalue weighted by atomic mass is 9.88. The zero-order chi connectivity index (χ0) is 20.3. The molecule has 1 saturated carbocycles. The van der Waals surface area contributed by atoms with Crippen molar-refractivity contribution >= 4 is 17.6 Å². The van der Waals surface area contributed by atoms with E-state index in [9.17, 15) is 9.59 Å². The van der Waals surface area contributed by atoms with E-state index in [4.69, 9.17) is 0 Å². The molecule has 0 saturated heterocycles. The maximum atomic E-state index is 13.1. The van der Waals surface area contributed by atoms with Crippen LogP contribution in [0.1, 0.15) is 44.1 Å². The summed E-state index contributed by atoms with van der Waals surface area (Å²) >= 11 is 0. The third-order valence-electron chi connectivity index (χ3n) is 5.43. The zero-order valence-corrected chi connectivity index (χ0v) is 17.0. The Morgan fingerprint density at radius 3 is 2.21 bits per heavy atom. The fourth-order valence-electron chi connectivity index (χ4n) is 3.82. The quantitative estimate of drug-likeness (QED) is 0.649. The van der Waals surface area contributed by atoms with Crippen LogP contribution in [0.15, 0.2) is 60.7 Å². The molecule has 3 rings (SSSR count). The van der Waals surface area contributed by atoms with E-state index in [1.54, 1.807) is 0 Å². The second kappa shape index (κ2) is 11.2. The maximum absolute atomic E-state index is 13.1. The molecule has 3 amide bonds. The van der Waals surface area contributed by atoms with Gasteiger partial charge in [-0.3, -0.25) is 4.79 Å². The summed E-state index contributed by atoms with van der Waals surface area (Å²) in [6.45, 7) is 1.64. The SMILES string of the molecule is O=C(NCCCN(C(=O)C1CCCCC1)c1ccccc1)NCc1ccccc1. The average molecular weight is 394 g/mol. The summed E-state index contributed by atoms with van der Waals surface area (Å²) < 4.78 is 0. The molecule has 0 radical (unpaired) electrons. The van der Waals surface area contributed by atoms with Crippen LogP contribution >= 0.6 is 0 Å². The summed E-state index contributed by atoms with van der Waals surface area (Å²) in [6.07, 6.45) is 6.21. The first-order valence-corrected chi connectivity index (χ1v) is 10.7. The number of nitrogens with one attached hydrogen (secondary N) is 2. The number of amides is 3. The Balaban J connectivity index is 1.47. The Hall–Kier alpha value is -2.82. The molecular formula is C24H31N3O2. The molecule has 0 bridgehead atoms. The minimum atomic E-state index is -0.182. The van der Waals surface area contributed by atoms with Crippen molar-refractivity contribution in [2.75, 3.05) is 18.0 Å². The normalized spacial score (nSPS) is 14.2. The number of nitrogens with zero attached hydrogens (tertiary/aromatic N) is 1. The molecule has 5 heteroatoms. The third-order valence-corrected chi connectivity index (χ3v) is 5.43. The fraction of sp³-hybridized carbons (Fsp3) is 0.417. The van der Waals surface area contributed by atoms with Crippen molar-refractivity contribution in [3.05, 3.63) is 66.2 Å². The third kappa shape index (κ3) is 6.63. The lowest BCUT2D eigenvalue weighted by molar-refractivity contribution is -0.123. The van der Waals surface area contributed by atoms with Crippen molar-refractivity contribution in [3.8, 4) is 0 Å². The summed E-state index contributed by atoms with van der Waals surface area (Å²) in [4.78, 5) is 27.0. The maximum Gasteiger partial charge on any atom is 0.315 e. The Bertz CT molecular complexity index is 758. The molecule has 0 aromatic heterocycles. The predicted molar refractivity (Wildman–Crippen MR) is 117 cm³/mol. The van der Waals surface area contributed by atoms with E-state index >= 15 is 0 Å². The minimum Gasteiger partial charge on any atom is -0.338 e. The molecule has 0 atom stereocenters. The van der Waals surface area contributed by atoms with Crippen LogP contribution < -0.4 is 15.5 Å². The van der Waals surface area contributed by atoms with Gasteiger partial charge in [0.1, 0.15) is 0 Å². The second-order valence-electron chi connectivity index (χ2n) is 7.61. The molecule has 2 aromatic carbocycles. The highest BCUT2D eigenvalue weighted by atomic mass is 16.2. The Kier molecular flexibility index (Phi) is 8.11. The molecule has 0 spiro atoms. The minimum absolute atomic E-state index is 0.131. The summed E-state index contributed by atoms with van der Waals surface area (Å²) in [5.74, 6) is 0.357. The highest BCUT2D eigenvalue weighted by Crippen LogP contribution is 2.27. The highest BCUT2D eigenvalue weighted by Gasteiger charge is 2.26. The van der Waals surface area contributed by atoms with E-state index in [1.807, 2.05) is 65.6 Å². The van der Waals surface area contributed by atoms with Crippen LogP contribution in [0.5, 0.6) is 0 Å². The molecule has 154 valence electrons. The van der Waals surface area contributed by atoms with Gasteiger partial charge in [0.05, 0.1) is 0 Å². The molecule has 0 heterocycles. The van der Waals surface area contributed by atoms with Crippen molar-refractivity contribution in [1.29, 1.82) is 0 Å². The van der Waals surface area contributed by atoms with E-state index in [2.05, 4.69) is 10.6 Å². The smallest absolute Gasteiger partial charge is 0.315 e. The lowest BCUT2D eigenvalue weighted by Crippen LogP contribution is -2.40. The largest absolute Gasteiger partial charge is 0.338 e. The first-order chi connectivity index (χ1) is 14.2. The molecule has 0 unspecified atom stereocenters. The van der Waals surface area contributed by atoms with E-state index in [1.165, 1.54) is 6.42 Å². The van der Waals surface area contributed by atoms with Crippen molar-refractivity contribution in [2.45, 2.75) is 45.1 Å². The Morgan fingerprint density at radius 1 is 0.862 bits per heavy atom. The van der Waals surface area contributed by atoms with Crippen LogP contribution in [0.4, 0.5) is 10.5 Å². The summed E-state index contributed by atoms with van der Waals surface area (Å²) in [7, 11) is 0. The molecule has 1 fully saturated rings. The second-order valence-corrected chi connectivity index (χ2v) is 7.61. The van der Waals surface area contributed by atoms with Crippen LogP contribution in [0.2, 0.25) is 0 Å². The van der Waals surface area contributed by atoms with Crippen molar-refractivity contribution in [2.24, 2.45) is 5.92 Å². The van der Waals surface area contributed by atoms with Crippen molar-refractivity contribution in [1.82, 2.24) is 10.6 Å². The molecule has 5 nitrogen and oxygen atoms in total. The van der Waals surface area contributed by atoms with Gasteiger partial charge < -0.3 is 15.5 Å². The van der Waals surface area contributed by atoms with Gasteiger partial charge in [-0.1, -0.05) is 67.8 Å². The Labute approximate surface area is 173 Å². The number of para-hydroxylation sites is 1. The predicted octanol–water partition coefficient (Wildman–Crippen LogP) is 4.49. The fourth-order valence-corrected chi connectivity index (χ4v) is 3.82. The van der Waals surface area contributed by atoms with Crippen LogP contribution in [0, 0.1) is 5.92 Å². The highest BCUT2D eigenvalue weighted by molar-refractivity contribution is 5.95. The van der Waals surface area contributed by atoms with Gasteiger partial charge in [0.15, 0.2) is 0 Å². The first-order valence-electron chi connectivity index (χ1n) is 10.7. The van der Waals surface area contributed by atoms with E-state index in [-0.39, 0.29) is 17.9 Å². The number of carbonyl (C=O) groups excluding carboxylic acids is 2. The molecule has 1 aliphatic carbocycles. The van der Waals surface area contributed by atoms with E-state index in [0.717, 1.165) is 36.9 Å². The Morgan fingerprint density at radius 2 is 1.52 bits per heavy atom. The number of hydrogen-bond acceptors (Lipinski definition) is 2. The van der Waals surface area contributed by atoms with Gasteiger partial charge in [-0.2, -0.15) is 0 Å². The lowest BCUT2D eigenvalue weighted by Gasteiger charge is -2.29. The van der Waals surface area contributed by atoms with E-state index < -0.39 is 0 Å². The number of rotatable bonds is 8. The molecule has 1 aliphatic rings. The van der Waals surface area contributed by atoms with Gasteiger partial charge in [0, 0.05) is 31.2 Å². The van der Waals surface area contributed by atoms with Crippen LogP contribution in [0.25, 0.3) is 0 Å². The van der Waals surface area contributed by atoms with Crippen LogP contribution in [-0.4, -0.2) is 25.0 Å². The standard InChI is InChI=1S/C24H31N3O2/c28-23(21-13-6-2-7-14-21)27(22-15-8-3-9-16-22)18-10-17-25-24(29)26-19-20-11-4-1-5-12-20/h1,3-5,8-9,11-12,15-16,21H,2,6-7,10,13-14,17-19H2,(H2,25,26,29). The number of carbonyl (C=O) groups is 2. The molecule has 2 aromatic rings. The zero-order valence-electron chi connectivity index (χ0n) is 17.0. The number of anilines is 1. The number of hydrogen-bond donors (Lipinski definition) is 2. The van der Waals surface area contributed by atoms with Crippen LogP contribution in [-0.2, 0) is 11.3 Å². The molecule has 0 aliphatic heterocycles. The molecular weight excluding hydrogens is 362 g/mol. The van der Waals surface area contributed by atoms with Gasteiger partial charge in [-0.25, -0.2) is 4.79 Å². The molecule has 2 N–H and O–H groups in total. The summed E-state index contributed by atoms with van der Waals surface area (Å²) in [5, 5.41) is 5.75. The van der Waals surface area contributed by atoms with Gasteiger partial charge in [0.25, 0.3) is 0 Å². The van der Waals surface area contributed by atoms with Crippen molar-refractivity contribution in [3.63, 3.8) is 0 Å². The van der Waals surface area contributed by atoms with E-state index in [0.29, 0.717) is 26.1 Å². The molecule has 29 heavy (non-hydrogen) atoms. The first kappa shape index (κ1) is 20.9. The monoisotopic (exact) mass is 393 g/mol. The van der Waals surface area contributed by atoms with Gasteiger partial charge in [-0.15, -0.1) is 0 Å². The van der Waals surface area contributed by atoms with Gasteiger partial charge in [0.2, 0.25) is 5.91 Å². The topological polar surface area (TPSA) is 61.4 Å². The van der Waals surface area contributed by atoms with Crippen molar-refractivity contribution < 1.29 is 9.59 Å². The van der Waals surface area contributed by atoms with Crippen LogP contribution in [0.3, 0.4) is 0 Å². The van der Waals surface area contributed by atoms with Gasteiger partial charge >= 0.3 is 6.03 Å². The number of benzene rings is 2. The van der Waals surface area contributed by atoms with Gasteiger partial charge in [-0.05, 0) is 37.0 Å². The average Bonchev–Trinajstić information content (AvgIpc) is 2.79. The summed E-state index contributed by atoms with van der Waals surface area (Å²) in [5.41, 5.74) is 2.01. The number of urea groups is 1. The summed E-state index contributed by atoms with van der Waals surface area (Å²) in [6, 6.07) is 19.5.